The number of fused-ring (bicyclic) bond motifs is 6. The first-order valence-electron chi connectivity index (χ1n) is 10.2. The van der Waals surface area contributed by atoms with Crippen LogP contribution in [0.4, 0.5) is 0 Å². The summed E-state index contributed by atoms with van der Waals surface area (Å²) in [7, 11) is 0. The molecule has 1 aromatic heterocycles. The fourth-order valence-electron chi connectivity index (χ4n) is 4.29. The third-order valence-corrected chi connectivity index (χ3v) is 6.11. The standard InChI is InChI=1S/C25H24O5/c1-13-14(2)28-22-16-10-11-25(3,4)30-23(16)19-17(15-8-6-5-7-9-15)12-18(26)29-24(19)20(22)21(13)27/h5-14,21,27H,1-4H3/t13-,14+,21+/m1/s1. The highest BCUT2D eigenvalue weighted by atomic mass is 16.5. The second-order valence-electron chi connectivity index (χ2n) is 8.70. The second kappa shape index (κ2) is 6.47. The summed E-state index contributed by atoms with van der Waals surface area (Å²) < 4.78 is 18.3. The van der Waals surface area contributed by atoms with Crippen LogP contribution in [0.1, 0.15) is 44.9 Å². The van der Waals surface area contributed by atoms with Gasteiger partial charge in [-0.1, -0.05) is 37.3 Å². The van der Waals surface area contributed by atoms with Crippen LogP contribution in [0.15, 0.2) is 51.7 Å². The fourth-order valence-corrected chi connectivity index (χ4v) is 4.29. The van der Waals surface area contributed by atoms with Crippen molar-refractivity contribution in [2.24, 2.45) is 5.92 Å². The molecule has 0 aliphatic carbocycles. The van der Waals surface area contributed by atoms with Crippen LogP contribution >= 0.6 is 0 Å². The quantitative estimate of drug-likeness (QED) is 0.572. The van der Waals surface area contributed by atoms with E-state index < -0.39 is 17.3 Å². The summed E-state index contributed by atoms with van der Waals surface area (Å²) in [5, 5.41) is 11.8. The molecule has 0 amide bonds. The van der Waals surface area contributed by atoms with E-state index in [2.05, 4.69) is 0 Å². The van der Waals surface area contributed by atoms with Crippen LogP contribution in [0.3, 0.4) is 0 Å². The molecule has 0 bridgehead atoms. The summed E-state index contributed by atoms with van der Waals surface area (Å²) in [5.41, 5.74) is 2.18. The predicted molar refractivity (Wildman–Crippen MR) is 116 cm³/mol. The summed E-state index contributed by atoms with van der Waals surface area (Å²) in [6.07, 6.45) is 2.93. The maximum Gasteiger partial charge on any atom is 0.336 e. The highest BCUT2D eigenvalue weighted by molar-refractivity contribution is 6.04. The Bertz CT molecular complexity index is 1240. The van der Waals surface area contributed by atoms with Crippen molar-refractivity contribution in [2.45, 2.75) is 45.5 Å². The van der Waals surface area contributed by atoms with E-state index in [4.69, 9.17) is 13.9 Å². The van der Waals surface area contributed by atoms with Crippen molar-refractivity contribution in [3.63, 3.8) is 0 Å². The Morgan fingerprint density at radius 2 is 1.80 bits per heavy atom. The van der Waals surface area contributed by atoms with Gasteiger partial charge in [-0.2, -0.15) is 0 Å². The van der Waals surface area contributed by atoms with Gasteiger partial charge in [-0.25, -0.2) is 4.79 Å². The summed E-state index contributed by atoms with van der Waals surface area (Å²) >= 11 is 0. The molecule has 0 fully saturated rings. The molecule has 3 aromatic rings. The maximum atomic E-state index is 12.6. The minimum Gasteiger partial charge on any atom is -0.489 e. The molecule has 5 rings (SSSR count). The Morgan fingerprint density at radius 3 is 2.53 bits per heavy atom. The Labute approximate surface area is 174 Å². The number of hydrogen-bond acceptors (Lipinski definition) is 5. The van der Waals surface area contributed by atoms with Crippen LogP contribution in [0.2, 0.25) is 0 Å². The fraction of sp³-hybridized carbons (Fsp3) is 0.320. The molecule has 1 N–H and O–H groups in total. The highest BCUT2D eigenvalue weighted by Gasteiger charge is 2.40. The first kappa shape index (κ1) is 18.9. The molecule has 0 unspecified atom stereocenters. The molecular weight excluding hydrogens is 380 g/mol. The molecule has 3 heterocycles. The van der Waals surface area contributed by atoms with Crippen molar-refractivity contribution in [3.05, 3.63) is 64.0 Å². The molecule has 2 aliphatic rings. The SMILES string of the molecule is C[C@@H]1[C@H](C)Oc2c3c(c4c(-c5ccccc5)cc(=O)oc4c2[C@H]1O)OC(C)(C)C=C3. The molecule has 0 radical (unpaired) electrons. The molecule has 5 heteroatoms. The smallest absolute Gasteiger partial charge is 0.336 e. The average Bonchev–Trinajstić information content (AvgIpc) is 2.71. The van der Waals surface area contributed by atoms with Gasteiger partial charge in [0.2, 0.25) is 0 Å². The number of aliphatic hydroxyl groups is 1. The molecule has 0 saturated carbocycles. The molecule has 30 heavy (non-hydrogen) atoms. The minimum atomic E-state index is -0.825. The van der Waals surface area contributed by atoms with E-state index in [-0.39, 0.29) is 12.0 Å². The van der Waals surface area contributed by atoms with Crippen molar-refractivity contribution in [1.82, 2.24) is 0 Å². The molecule has 3 atom stereocenters. The number of rotatable bonds is 1. The van der Waals surface area contributed by atoms with Gasteiger partial charge in [0, 0.05) is 17.5 Å². The zero-order chi connectivity index (χ0) is 21.2. The predicted octanol–water partition coefficient (Wildman–Crippen LogP) is 5.09. The zero-order valence-corrected chi connectivity index (χ0v) is 17.4. The molecule has 2 aliphatic heterocycles. The molecule has 0 saturated heterocycles. The van der Waals surface area contributed by atoms with E-state index in [1.54, 1.807) is 0 Å². The molecular formula is C25H24O5. The van der Waals surface area contributed by atoms with Crippen molar-refractivity contribution in [3.8, 4) is 22.6 Å². The Kier molecular flexibility index (Phi) is 4.09. The second-order valence-corrected chi connectivity index (χ2v) is 8.70. The van der Waals surface area contributed by atoms with Gasteiger partial charge >= 0.3 is 5.63 Å². The lowest BCUT2D eigenvalue weighted by Crippen LogP contribution is -2.34. The average molecular weight is 404 g/mol. The third-order valence-electron chi connectivity index (χ3n) is 6.11. The summed E-state index contributed by atoms with van der Waals surface area (Å²) in [5.74, 6) is 0.970. The molecule has 2 aromatic carbocycles. The Hall–Kier alpha value is -3.05. The van der Waals surface area contributed by atoms with Gasteiger partial charge in [0.25, 0.3) is 0 Å². The van der Waals surface area contributed by atoms with Crippen molar-refractivity contribution in [2.75, 3.05) is 0 Å². The summed E-state index contributed by atoms with van der Waals surface area (Å²) in [6.45, 7) is 7.80. The number of hydrogen-bond donors (Lipinski definition) is 1. The van der Waals surface area contributed by atoms with Crippen LogP contribution in [0.25, 0.3) is 28.2 Å². The van der Waals surface area contributed by atoms with Gasteiger partial charge in [-0.15, -0.1) is 0 Å². The summed E-state index contributed by atoms with van der Waals surface area (Å²) in [6, 6.07) is 11.2. The van der Waals surface area contributed by atoms with E-state index in [1.807, 2.05) is 70.2 Å². The molecule has 5 nitrogen and oxygen atoms in total. The molecule has 0 spiro atoms. The van der Waals surface area contributed by atoms with E-state index in [0.29, 0.717) is 33.6 Å². The van der Waals surface area contributed by atoms with Crippen molar-refractivity contribution in [1.29, 1.82) is 0 Å². The van der Waals surface area contributed by atoms with Crippen LogP contribution in [-0.2, 0) is 0 Å². The molecule has 154 valence electrons. The summed E-state index contributed by atoms with van der Waals surface area (Å²) in [4.78, 5) is 12.6. The third kappa shape index (κ3) is 2.76. The Morgan fingerprint density at radius 1 is 1.07 bits per heavy atom. The van der Waals surface area contributed by atoms with E-state index in [0.717, 1.165) is 11.1 Å². The van der Waals surface area contributed by atoms with Crippen LogP contribution < -0.4 is 15.1 Å². The lowest BCUT2D eigenvalue weighted by molar-refractivity contribution is 0.0173. The lowest BCUT2D eigenvalue weighted by atomic mass is 9.84. The first-order chi connectivity index (χ1) is 14.3. The van der Waals surface area contributed by atoms with Crippen LogP contribution in [-0.4, -0.2) is 16.8 Å². The van der Waals surface area contributed by atoms with E-state index in [1.165, 1.54) is 6.07 Å². The zero-order valence-electron chi connectivity index (χ0n) is 17.4. The minimum absolute atomic E-state index is 0.158. The number of ether oxygens (including phenoxy) is 2. The van der Waals surface area contributed by atoms with E-state index >= 15 is 0 Å². The largest absolute Gasteiger partial charge is 0.489 e. The lowest BCUT2D eigenvalue weighted by Gasteiger charge is -2.37. The van der Waals surface area contributed by atoms with Gasteiger partial charge in [0.1, 0.15) is 23.2 Å². The number of benzene rings is 2. The van der Waals surface area contributed by atoms with Crippen molar-refractivity contribution >= 4 is 17.0 Å². The van der Waals surface area contributed by atoms with Gasteiger partial charge in [-0.3, -0.25) is 0 Å². The van der Waals surface area contributed by atoms with Gasteiger partial charge in [0.15, 0.2) is 5.58 Å². The monoisotopic (exact) mass is 404 g/mol. The highest BCUT2D eigenvalue weighted by Crippen LogP contribution is 2.53. The van der Waals surface area contributed by atoms with E-state index in [9.17, 15) is 9.90 Å². The Balaban J connectivity index is 1.97. The van der Waals surface area contributed by atoms with Crippen molar-refractivity contribution < 1.29 is 19.0 Å². The normalized spacial score (nSPS) is 24.0. The van der Waals surface area contributed by atoms with Crippen LogP contribution in [0, 0.1) is 5.92 Å². The van der Waals surface area contributed by atoms with Gasteiger partial charge < -0.3 is 19.0 Å². The van der Waals surface area contributed by atoms with Crippen LogP contribution in [0.5, 0.6) is 11.5 Å². The van der Waals surface area contributed by atoms with Gasteiger partial charge in [-0.05, 0) is 38.5 Å². The topological polar surface area (TPSA) is 68.9 Å². The maximum absolute atomic E-state index is 12.6. The van der Waals surface area contributed by atoms with Gasteiger partial charge in [0.05, 0.1) is 22.6 Å². The first-order valence-corrected chi connectivity index (χ1v) is 10.2. The number of aliphatic hydroxyl groups excluding tert-OH is 1.